The zero-order valence-corrected chi connectivity index (χ0v) is 14.4. The molecule has 6 heteroatoms. The molecular weight excluding hydrogens is 300 g/mol. The molecule has 0 radical (unpaired) electrons. The Balaban J connectivity index is 2.82. The molecule has 130 valence electrons. The number of Topliss-reactive ketones (excluding diaryl/α,β-unsaturated/α-hetero) is 1. The molecule has 0 aromatic heterocycles. The maximum absolute atomic E-state index is 12.3. The first-order chi connectivity index (χ1) is 10.9. The Morgan fingerprint density at radius 2 is 1.87 bits per heavy atom. The molecule has 0 aliphatic heterocycles. The van der Waals surface area contributed by atoms with Gasteiger partial charge in [0.1, 0.15) is 6.10 Å². The van der Waals surface area contributed by atoms with Gasteiger partial charge >= 0.3 is 5.97 Å². The minimum absolute atomic E-state index is 0.0927. The number of esters is 1. The van der Waals surface area contributed by atoms with E-state index in [4.69, 9.17) is 9.47 Å². The number of ketones is 1. The fourth-order valence-electron chi connectivity index (χ4n) is 2.71. The van der Waals surface area contributed by atoms with Crippen LogP contribution in [0.2, 0.25) is 0 Å². The summed E-state index contributed by atoms with van der Waals surface area (Å²) in [6.07, 6.45) is 2.48. The normalized spacial score (nSPS) is 25.4. The van der Waals surface area contributed by atoms with E-state index in [0.29, 0.717) is 19.3 Å². The molecule has 0 aromatic carbocycles. The number of hydrogen-bond acceptors (Lipinski definition) is 6. The van der Waals surface area contributed by atoms with E-state index in [1.54, 1.807) is 6.92 Å². The van der Waals surface area contributed by atoms with E-state index >= 15 is 0 Å². The molecule has 0 fully saturated rings. The first-order valence-electron chi connectivity index (χ1n) is 7.64. The van der Waals surface area contributed by atoms with E-state index in [1.807, 2.05) is 13.0 Å². The number of allylic oxidation sites excluding steroid dienone is 3. The first-order valence-corrected chi connectivity index (χ1v) is 7.64. The molecule has 3 unspecified atom stereocenters. The average molecular weight is 326 g/mol. The highest BCUT2D eigenvalue weighted by molar-refractivity contribution is 5.97. The Labute approximate surface area is 137 Å². The van der Waals surface area contributed by atoms with Crippen LogP contribution in [0.4, 0.5) is 0 Å². The van der Waals surface area contributed by atoms with Crippen molar-refractivity contribution < 1.29 is 28.9 Å². The lowest BCUT2D eigenvalue weighted by Crippen LogP contribution is -2.40. The molecule has 6 nitrogen and oxygen atoms in total. The summed E-state index contributed by atoms with van der Waals surface area (Å²) in [5, 5.41) is 10.5. The Hall–Kier alpha value is -1.82. The first kappa shape index (κ1) is 19.2. The fraction of sp³-hybridized carbons (Fsp3) is 0.647. The number of methoxy groups -OCH3 is 3. The summed E-state index contributed by atoms with van der Waals surface area (Å²) in [5.41, 5.74) is 1.02. The quantitative estimate of drug-likeness (QED) is 0.569. The number of aliphatic hydroxyl groups excluding tert-OH is 1. The van der Waals surface area contributed by atoms with Crippen LogP contribution in [0.25, 0.3) is 0 Å². The van der Waals surface area contributed by atoms with Crippen molar-refractivity contribution in [3.63, 3.8) is 0 Å². The van der Waals surface area contributed by atoms with E-state index < -0.39 is 6.10 Å². The summed E-state index contributed by atoms with van der Waals surface area (Å²) >= 11 is 0. The summed E-state index contributed by atoms with van der Waals surface area (Å²) in [6.45, 7) is 3.69. The third kappa shape index (κ3) is 4.58. The van der Waals surface area contributed by atoms with Crippen molar-refractivity contribution in [3.05, 3.63) is 23.2 Å². The van der Waals surface area contributed by atoms with Crippen molar-refractivity contribution in [1.82, 2.24) is 0 Å². The van der Waals surface area contributed by atoms with Crippen LogP contribution in [0.5, 0.6) is 0 Å². The molecular formula is C17H26O6. The Bertz CT molecular complexity index is 505. The van der Waals surface area contributed by atoms with Gasteiger partial charge in [-0.1, -0.05) is 18.6 Å². The van der Waals surface area contributed by atoms with Crippen LogP contribution in [0.3, 0.4) is 0 Å². The second-order valence-corrected chi connectivity index (χ2v) is 5.73. The average Bonchev–Trinajstić information content (AvgIpc) is 2.55. The van der Waals surface area contributed by atoms with Crippen LogP contribution in [-0.2, 0) is 23.8 Å². The maximum atomic E-state index is 12.3. The topological polar surface area (TPSA) is 82.1 Å². The summed E-state index contributed by atoms with van der Waals surface area (Å²) in [6, 6.07) is 0. The van der Waals surface area contributed by atoms with Crippen molar-refractivity contribution in [2.24, 2.45) is 11.8 Å². The molecule has 0 aromatic rings. The SMILES string of the molecule is COC(=O)CC/C(C)=C/CC1C(C)C(=O)C(OC)=C(OC)C1O. The number of carbonyl (C=O) groups is 2. The molecule has 0 bridgehead atoms. The van der Waals surface area contributed by atoms with E-state index in [0.717, 1.165) is 5.57 Å². The van der Waals surface area contributed by atoms with Crippen molar-refractivity contribution >= 4 is 11.8 Å². The smallest absolute Gasteiger partial charge is 0.305 e. The van der Waals surface area contributed by atoms with E-state index in [-0.39, 0.29) is 35.1 Å². The zero-order valence-electron chi connectivity index (χ0n) is 14.4. The van der Waals surface area contributed by atoms with Gasteiger partial charge in [0, 0.05) is 18.3 Å². The Morgan fingerprint density at radius 3 is 2.39 bits per heavy atom. The van der Waals surface area contributed by atoms with Gasteiger partial charge in [-0.15, -0.1) is 0 Å². The van der Waals surface area contributed by atoms with Gasteiger partial charge in [-0.25, -0.2) is 0 Å². The van der Waals surface area contributed by atoms with E-state index in [1.165, 1.54) is 21.3 Å². The number of carbonyl (C=O) groups excluding carboxylic acids is 2. The van der Waals surface area contributed by atoms with Crippen LogP contribution in [0, 0.1) is 11.8 Å². The van der Waals surface area contributed by atoms with Gasteiger partial charge in [0.2, 0.25) is 11.5 Å². The monoisotopic (exact) mass is 326 g/mol. The van der Waals surface area contributed by atoms with Gasteiger partial charge < -0.3 is 19.3 Å². The van der Waals surface area contributed by atoms with Crippen molar-refractivity contribution in [2.45, 2.75) is 39.2 Å². The highest BCUT2D eigenvalue weighted by Crippen LogP contribution is 2.35. The van der Waals surface area contributed by atoms with Crippen LogP contribution in [0.15, 0.2) is 23.2 Å². The van der Waals surface area contributed by atoms with Crippen molar-refractivity contribution in [1.29, 1.82) is 0 Å². The highest BCUT2D eigenvalue weighted by atomic mass is 16.5. The number of hydrogen-bond donors (Lipinski definition) is 1. The van der Waals surface area contributed by atoms with Gasteiger partial charge in [0.15, 0.2) is 5.76 Å². The summed E-state index contributed by atoms with van der Waals surface area (Å²) < 4.78 is 14.8. The van der Waals surface area contributed by atoms with E-state index in [9.17, 15) is 14.7 Å². The molecule has 1 N–H and O–H groups in total. The van der Waals surface area contributed by atoms with Gasteiger partial charge in [-0.05, 0) is 19.8 Å². The molecule has 0 saturated heterocycles. The molecule has 23 heavy (non-hydrogen) atoms. The molecule has 1 aliphatic carbocycles. The zero-order chi connectivity index (χ0) is 17.6. The minimum atomic E-state index is -0.896. The van der Waals surface area contributed by atoms with Gasteiger partial charge in [-0.2, -0.15) is 0 Å². The third-order valence-electron chi connectivity index (χ3n) is 4.29. The lowest BCUT2D eigenvalue weighted by atomic mass is 9.77. The number of ether oxygens (including phenoxy) is 3. The standard InChI is InChI=1S/C17H26O6/c1-10(7-9-13(18)21-3)6-8-12-11(2)14(19)16(22-4)17(23-5)15(12)20/h6,11-12,15,20H,7-9H2,1-5H3/b10-6+. The van der Waals surface area contributed by atoms with Crippen LogP contribution >= 0.6 is 0 Å². The Morgan fingerprint density at radius 1 is 1.22 bits per heavy atom. The second kappa shape index (κ2) is 8.72. The van der Waals surface area contributed by atoms with Gasteiger partial charge in [-0.3, -0.25) is 9.59 Å². The molecule has 0 spiro atoms. The number of aliphatic hydroxyl groups is 1. The maximum Gasteiger partial charge on any atom is 0.305 e. The molecule has 0 heterocycles. The lowest BCUT2D eigenvalue weighted by Gasteiger charge is -2.33. The predicted octanol–water partition coefficient (Wildman–Crippen LogP) is 1.98. The predicted molar refractivity (Wildman–Crippen MR) is 84.3 cm³/mol. The summed E-state index contributed by atoms with van der Waals surface area (Å²) in [7, 11) is 4.16. The van der Waals surface area contributed by atoms with Crippen LogP contribution < -0.4 is 0 Å². The minimum Gasteiger partial charge on any atom is -0.494 e. The summed E-state index contributed by atoms with van der Waals surface area (Å²) in [4.78, 5) is 23.5. The highest BCUT2D eigenvalue weighted by Gasteiger charge is 2.42. The van der Waals surface area contributed by atoms with Gasteiger partial charge in [0.05, 0.1) is 21.3 Å². The Kier molecular flexibility index (Phi) is 7.29. The lowest BCUT2D eigenvalue weighted by molar-refractivity contribution is -0.140. The molecule has 3 atom stereocenters. The number of rotatable bonds is 7. The van der Waals surface area contributed by atoms with Crippen LogP contribution in [0.1, 0.15) is 33.1 Å². The second-order valence-electron chi connectivity index (χ2n) is 5.73. The summed E-state index contributed by atoms with van der Waals surface area (Å²) in [5.74, 6) is -0.808. The van der Waals surface area contributed by atoms with Crippen LogP contribution in [-0.4, -0.2) is 44.3 Å². The molecule has 0 amide bonds. The molecule has 0 saturated carbocycles. The van der Waals surface area contributed by atoms with E-state index in [2.05, 4.69) is 4.74 Å². The molecule has 1 rings (SSSR count). The largest absolute Gasteiger partial charge is 0.494 e. The fourth-order valence-corrected chi connectivity index (χ4v) is 2.71. The van der Waals surface area contributed by atoms with Crippen molar-refractivity contribution in [2.75, 3.05) is 21.3 Å². The molecule has 1 aliphatic rings. The van der Waals surface area contributed by atoms with Crippen molar-refractivity contribution in [3.8, 4) is 0 Å². The third-order valence-corrected chi connectivity index (χ3v) is 4.29. The van der Waals surface area contributed by atoms with Gasteiger partial charge in [0.25, 0.3) is 0 Å².